The number of hydrogen-bond donors (Lipinski definition) is 4. The van der Waals surface area contributed by atoms with Crippen molar-refractivity contribution < 1.29 is 32.7 Å². The summed E-state index contributed by atoms with van der Waals surface area (Å²) in [5, 5.41) is 13.7. The van der Waals surface area contributed by atoms with E-state index in [1.807, 2.05) is 13.8 Å². The highest BCUT2D eigenvalue weighted by Crippen LogP contribution is 2.47. The molecule has 2 aromatic carbocycles. The molecule has 3 heterocycles. The van der Waals surface area contributed by atoms with Gasteiger partial charge in [-0.3, -0.25) is 14.4 Å². The van der Waals surface area contributed by atoms with Crippen LogP contribution >= 0.6 is 0 Å². The molecule has 0 bridgehead atoms. The number of carbonyl (C=O) groups is 3. The van der Waals surface area contributed by atoms with Crippen LogP contribution < -0.4 is 11.1 Å². The van der Waals surface area contributed by atoms with Crippen LogP contribution in [0.4, 0.5) is 18.9 Å². The number of H-pyrrole nitrogens is 1. The number of benzene rings is 2. The van der Waals surface area contributed by atoms with Gasteiger partial charge in [-0.25, -0.2) is 13.2 Å². The Morgan fingerprint density at radius 1 is 1.18 bits per heavy atom. The van der Waals surface area contributed by atoms with Crippen LogP contribution in [0.3, 0.4) is 0 Å². The summed E-state index contributed by atoms with van der Waals surface area (Å²) in [5.74, 6) is -5.31. The van der Waals surface area contributed by atoms with Crippen molar-refractivity contribution in [3.05, 3.63) is 64.6 Å². The second-order valence-electron chi connectivity index (χ2n) is 11.0. The lowest BCUT2D eigenvalue weighted by atomic mass is 9.80. The van der Waals surface area contributed by atoms with Crippen LogP contribution in [0, 0.1) is 23.4 Å². The number of halogens is 3. The third-order valence-corrected chi connectivity index (χ3v) is 8.02. The van der Waals surface area contributed by atoms with E-state index in [1.165, 1.54) is 11.9 Å². The van der Waals surface area contributed by atoms with Crippen LogP contribution in [0.5, 0.6) is 0 Å². The summed E-state index contributed by atoms with van der Waals surface area (Å²) in [6.07, 6.45) is -0.266. The molecule has 3 amide bonds. The standard InChI is InChI=1S/C28H30F3N5O4/c1-13(2)8-21(35(3)25(38)20-10-15-17(29)11-18(30)22(31)23(15)33-20)26(39)36-7-6-28(12-36)16-5-4-14(24(32)37)9-19(16)34-27(28)40/h4-5,9-11,13,21,27,33-34,40H,6-8,12H2,1-3H3,(H2,32,37)/t21-,27?,28-/m0/s1. The quantitative estimate of drug-likeness (QED) is 0.346. The van der Waals surface area contributed by atoms with Gasteiger partial charge in [0.25, 0.3) is 5.91 Å². The highest BCUT2D eigenvalue weighted by molar-refractivity contribution is 6.00. The van der Waals surface area contributed by atoms with E-state index in [2.05, 4.69) is 10.3 Å². The van der Waals surface area contributed by atoms with Crippen molar-refractivity contribution in [1.82, 2.24) is 14.8 Å². The first-order valence-corrected chi connectivity index (χ1v) is 12.9. The largest absolute Gasteiger partial charge is 0.373 e. The minimum Gasteiger partial charge on any atom is -0.373 e. The molecule has 212 valence electrons. The minimum absolute atomic E-state index is 0.0131. The Hall–Kier alpha value is -4.06. The molecule has 1 fully saturated rings. The summed E-state index contributed by atoms with van der Waals surface area (Å²) in [6.45, 7) is 4.28. The number of aromatic nitrogens is 1. The topological polar surface area (TPSA) is 132 Å². The fraction of sp³-hybridized carbons (Fsp3) is 0.393. The summed E-state index contributed by atoms with van der Waals surface area (Å²) in [4.78, 5) is 44.2. The predicted octanol–water partition coefficient (Wildman–Crippen LogP) is 3.09. The number of primary amides is 1. The zero-order valence-corrected chi connectivity index (χ0v) is 22.2. The molecule has 0 saturated carbocycles. The first kappa shape index (κ1) is 27.5. The molecule has 0 aliphatic carbocycles. The molecule has 5 rings (SSSR count). The number of likely N-dealkylation sites (tertiary alicyclic amines) is 1. The van der Waals surface area contributed by atoms with Crippen molar-refractivity contribution in [1.29, 1.82) is 0 Å². The Balaban J connectivity index is 1.41. The Morgan fingerprint density at radius 3 is 2.58 bits per heavy atom. The molecule has 1 saturated heterocycles. The van der Waals surface area contributed by atoms with Gasteiger partial charge < -0.3 is 30.9 Å². The summed E-state index contributed by atoms with van der Waals surface area (Å²) in [6, 6.07) is 5.49. The van der Waals surface area contributed by atoms with Crippen LogP contribution in [0.15, 0.2) is 30.3 Å². The van der Waals surface area contributed by atoms with E-state index < -0.39 is 52.5 Å². The number of hydrogen-bond acceptors (Lipinski definition) is 5. The molecule has 2 aliphatic heterocycles. The van der Waals surface area contributed by atoms with Gasteiger partial charge in [0.1, 0.15) is 23.8 Å². The van der Waals surface area contributed by atoms with Gasteiger partial charge in [0.05, 0.1) is 10.9 Å². The molecule has 2 aliphatic rings. The zero-order valence-electron chi connectivity index (χ0n) is 22.2. The molecule has 3 atom stereocenters. The maximum atomic E-state index is 14.3. The average Bonchev–Trinajstić information content (AvgIpc) is 3.62. The van der Waals surface area contributed by atoms with E-state index in [0.29, 0.717) is 31.1 Å². The fourth-order valence-corrected chi connectivity index (χ4v) is 5.86. The van der Waals surface area contributed by atoms with E-state index in [0.717, 1.165) is 11.6 Å². The third-order valence-electron chi connectivity index (χ3n) is 8.02. The fourth-order valence-electron chi connectivity index (χ4n) is 5.86. The van der Waals surface area contributed by atoms with E-state index in [1.54, 1.807) is 23.1 Å². The highest BCUT2D eigenvalue weighted by Gasteiger charge is 2.52. The number of fused-ring (bicyclic) bond motifs is 3. The second kappa shape index (κ2) is 9.84. The van der Waals surface area contributed by atoms with Gasteiger partial charge in [-0.05, 0) is 42.5 Å². The van der Waals surface area contributed by atoms with Crippen molar-refractivity contribution in [2.24, 2.45) is 11.7 Å². The lowest BCUT2D eigenvalue weighted by molar-refractivity contribution is -0.135. The number of aromatic amines is 1. The maximum Gasteiger partial charge on any atom is 0.270 e. The van der Waals surface area contributed by atoms with Crippen LogP contribution in [0.25, 0.3) is 10.9 Å². The number of anilines is 1. The van der Waals surface area contributed by atoms with Crippen LogP contribution in [0.2, 0.25) is 0 Å². The van der Waals surface area contributed by atoms with Crippen LogP contribution in [0.1, 0.15) is 53.1 Å². The maximum absolute atomic E-state index is 14.3. The lowest BCUT2D eigenvalue weighted by Gasteiger charge is -2.33. The number of nitrogens with two attached hydrogens (primary N) is 1. The monoisotopic (exact) mass is 557 g/mol. The molecular formula is C28H30F3N5O4. The lowest BCUT2D eigenvalue weighted by Crippen LogP contribution is -2.51. The second-order valence-corrected chi connectivity index (χ2v) is 11.0. The van der Waals surface area contributed by atoms with Gasteiger partial charge in [-0.15, -0.1) is 0 Å². The number of amides is 3. The molecule has 3 aromatic rings. The number of nitrogens with zero attached hydrogens (tertiary/aromatic N) is 2. The van der Waals surface area contributed by atoms with Crippen molar-refractivity contribution in [2.45, 2.75) is 44.4 Å². The Kier molecular flexibility index (Phi) is 6.77. The number of rotatable bonds is 6. The molecule has 1 spiro atoms. The van der Waals surface area contributed by atoms with Gasteiger partial charge in [0.2, 0.25) is 11.8 Å². The molecule has 5 N–H and O–H groups in total. The predicted molar refractivity (Wildman–Crippen MR) is 141 cm³/mol. The van der Waals surface area contributed by atoms with Crippen LogP contribution in [-0.4, -0.2) is 70.0 Å². The van der Waals surface area contributed by atoms with Gasteiger partial charge in [0, 0.05) is 42.8 Å². The summed E-state index contributed by atoms with van der Waals surface area (Å²) < 4.78 is 42.2. The zero-order chi connectivity index (χ0) is 29.1. The number of nitrogens with one attached hydrogen (secondary N) is 2. The van der Waals surface area contributed by atoms with Crippen molar-refractivity contribution >= 4 is 34.3 Å². The van der Waals surface area contributed by atoms with Gasteiger partial charge in [-0.2, -0.15) is 0 Å². The summed E-state index contributed by atoms with van der Waals surface area (Å²) in [5.41, 5.74) is 5.54. The molecule has 1 aromatic heterocycles. The van der Waals surface area contributed by atoms with Crippen LogP contribution in [-0.2, 0) is 10.2 Å². The minimum atomic E-state index is -1.38. The van der Waals surface area contributed by atoms with Gasteiger partial charge in [0.15, 0.2) is 11.6 Å². The summed E-state index contributed by atoms with van der Waals surface area (Å²) in [7, 11) is 1.44. The van der Waals surface area contributed by atoms with E-state index in [-0.39, 0.29) is 35.0 Å². The third kappa shape index (κ3) is 4.36. The van der Waals surface area contributed by atoms with E-state index in [9.17, 15) is 32.7 Å². The van der Waals surface area contributed by atoms with Crippen molar-refractivity contribution in [3.8, 4) is 0 Å². The number of carbonyl (C=O) groups excluding carboxylic acids is 3. The number of aliphatic hydroxyl groups excluding tert-OH is 1. The smallest absolute Gasteiger partial charge is 0.270 e. The normalized spacial score (nSPS) is 20.7. The molecule has 1 unspecified atom stereocenters. The first-order chi connectivity index (χ1) is 18.8. The van der Waals surface area contributed by atoms with E-state index >= 15 is 0 Å². The van der Waals surface area contributed by atoms with Gasteiger partial charge in [-0.1, -0.05) is 19.9 Å². The molecule has 0 radical (unpaired) electrons. The van der Waals surface area contributed by atoms with Crippen molar-refractivity contribution in [2.75, 3.05) is 25.5 Å². The summed E-state index contributed by atoms with van der Waals surface area (Å²) >= 11 is 0. The molecule has 12 heteroatoms. The van der Waals surface area contributed by atoms with Crippen molar-refractivity contribution in [3.63, 3.8) is 0 Å². The molecule has 40 heavy (non-hydrogen) atoms. The van der Waals surface area contributed by atoms with Gasteiger partial charge >= 0.3 is 0 Å². The average molecular weight is 558 g/mol. The first-order valence-electron chi connectivity index (χ1n) is 12.9. The van der Waals surface area contributed by atoms with E-state index in [4.69, 9.17) is 5.73 Å². The molecular weight excluding hydrogens is 527 g/mol. The number of aliphatic hydroxyl groups is 1. The molecule has 9 nitrogen and oxygen atoms in total. The Bertz CT molecular complexity index is 1540. The highest BCUT2D eigenvalue weighted by atomic mass is 19.2. The Labute approximate surface area is 228 Å². The Morgan fingerprint density at radius 2 is 1.90 bits per heavy atom. The SMILES string of the molecule is CC(C)C[C@@H](C(=O)N1CC[C@]2(C1)c1ccc(C(N)=O)cc1NC2O)N(C)C(=O)c1cc2c(F)cc(F)c(F)c2[nH]1. The number of likely N-dealkylation sites (N-methyl/N-ethyl adjacent to an activating group) is 1.